The summed E-state index contributed by atoms with van der Waals surface area (Å²) in [4.78, 5) is 7.82. The summed E-state index contributed by atoms with van der Waals surface area (Å²) in [5.41, 5.74) is 0.400. The Kier molecular flexibility index (Phi) is 4.98. The van der Waals surface area contributed by atoms with Gasteiger partial charge >= 0.3 is 12.4 Å². The van der Waals surface area contributed by atoms with E-state index in [0.717, 1.165) is 0 Å². The quantitative estimate of drug-likeness (QED) is 0.641. The van der Waals surface area contributed by atoms with Crippen LogP contribution in [0.3, 0.4) is 0 Å². The van der Waals surface area contributed by atoms with Gasteiger partial charge in [-0.15, -0.1) is 13.2 Å². The zero-order valence-corrected chi connectivity index (χ0v) is 13.8. The first-order chi connectivity index (χ1) is 11.8. The molecule has 11 heteroatoms. The molecular formula is C14H9Cl2F3N4O2. The van der Waals surface area contributed by atoms with Crippen molar-refractivity contribution in [2.75, 3.05) is 6.61 Å². The Hall–Kier alpha value is -2.10. The van der Waals surface area contributed by atoms with Gasteiger partial charge in [0.2, 0.25) is 0 Å². The Bertz CT molecular complexity index is 884. The number of ether oxygens (including phenoxy) is 2. The van der Waals surface area contributed by atoms with Crippen molar-refractivity contribution in [2.45, 2.75) is 12.9 Å². The molecule has 0 spiro atoms. The Morgan fingerprint density at radius 1 is 1.12 bits per heavy atom. The molecule has 0 unspecified atom stereocenters. The molecule has 0 fully saturated rings. The summed E-state index contributed by atoms with van der Waals surface area (Å²) in [7, 11) is 0. The summed E-state index contributed by atoms with van der Waals surface area (Å²) >= 11 is 11.8. The van der Waals surface area contributed by atoms with Crippen LogP contribution in [-0.4, -0.2) is 32.7 Å². The SMILES string of the molecule is FC(F)(F)OCCn1nc(Cl)c2cccc(Oc3ncc(Cl)cn3)c21. The number of nitrogens with zero attached hydrogens (tertiary/aromatic N) is 4. The summed E-state index contributed by atoms with van der Waals surface area (Å²) in [5.74, 6) is 0.284. The van der Waals surface area contributed by atoms with E-state index in [9.17, 15) is 13.2 Å². The summed E-state index contributed by atoms with van der Waals surface area (Å²) < 4.78 is 47.1. The Morgan fingerprint density at radius 3 is 2.52 bits per heavy atom. The molecule has 0 N–H and O–H groups in total. The molecule has 0 amide bonds. The second-order valence-corrected chi connectivity index (χ2v) is 5.54. The van der Waals surface area contributed by atoms with Crippen LogP contribution in [0.1, 0.15) is 0 Å². The van der Waals surface area contributed by atoms with E-state index in [1.54, 1.807) is 18.2 Å². The molecule has 0 aliphatic carbocycles. The van der Waals surface area contributed by atoms with Crippen LogP contribution in [0, 0.1) is 0 Å². The average molecular weight is 393 g/mol. The predicted octanol–water partition coefficient (Wildman–Crippen LogP) is 4.46. The van der Waals surface area contributed by atoms with Gasteiger partial charge in [0.15, 0.2) is 10.9 Å². The Balaban J connectivity index is 1.91. The van der Waals surface area contributed by atoms with Crippen molar-refractivity contribution in [3.05, 3.63) is 40.8 Å². The number of aromatic nitrogens is 4. The van der Waals surface area contributed by atoms with E-state index in [-0.39, 0.29) is 23.5 Å². The van der Waals surface area contributed by atoms with Gasteiger partial charge in [-0.1, -0.05) is 29.3 Å². The number of benzene rings is 1. The van der Waals surface area contributed by atoms with Crippen molar-refractivity contribution < 1.29 is 22.6 Å². The standard InChI is InChI=1S/C14H9Cl2F3N4O2/c15-8-6-20-13(21-7-8)25-10-3-1-2-9-11(10)23(22-12(9)16)4-5-24-14(17,18)19/h1-3,6-7H,4-5H2. The Morgan fingerprint density at radius 2 is 1.84 bits per heavy atom. The zero-order chi connectivity index (χ0) is 18.0. The third-order valence-electron chi connectivity index (χ3n) is 3.05. The fourth-order valence-electron chi connectivity index (χ4n) is 2.11. The maximum Gasteiger partial charge on any atom is 0.522 e. The van der Waals surface area contributed by atoms with Crippen molar-refractivity contribution in [3.63, 3.8) is 0 Å². The molecular weight excluding hydrogens is 384 g/mol. The monoisotopic (exact) mass is 392 g/mol. The number of para-hydroxylation sites is 1. The highest BCUT2D eigenvalue weighted by Crippen LogP contribution is 2.32. The number of rotatable bonds is 5. The molecule has 0 atom stereocenters. The first-order valence-electron chi connectivity index (χ1n) is 6.84. The minimum atomic E-state index is -4.72. The molecule has 3 aromatic rings. The lowest BCUT2D eigenvalue weighted by Gasteiger charge is -2.10. The predicted molar refractivity (Wildman–Crippen MR) is 83.9 cm³/mol. The second kappa shape index (κ2) is 7.03. The number of fused-ring (bicyclic) bond motifs is 1. The van der Waals surface area contributed by atoms with Crippen molar-refractivity contribution in [3.8, 4) is 11.8 Å². The molecule has 3 rings (SSSR count). The van der Waals surface area contributed by atoms with Crippen molar-refractivity contribution in [2.24, 2.45) is 0 Å². The highest BCUT2D eigenvalue weighted by atomic mass is 35.5. The van der Waals surface area contributed by atoms with Gasteiger partial charge in [0, 0.05) is 5.39 Å². The smallest absolute Gasteiger partial charge is 0.422 e. The van der Waals surface area contributed by atoms with Crippen molar-refractivity contribution in [1.29, 1.82) is 0 Å². The highest BCUT2D eigenvalue weighted by molar-refractivity contribution is 6.34. The lowest BCUT2D eigenvalue weighted by Crippen LogP contribution is -2.18. The van der Waals surface area contributed by atoms with Gasteiger partial charge in [-0.05, 0) is 12.1 Å². The molecule has 1 aromatic carbocycles. The molecule has 2 aromatic heterocycles. The first-order valence-corrected chi connectivity index (χ1v) is 7.60. The van der Waals surface area contributed by atoms with Crippen molar-refractivity contribution >= 4 is 34.1 Å². The van der Waals surface area contributed by atoms with E-state index >= 15 is 0 Å². The summed E-state index contributed by atoms with van der Waals surface area (Å²) in [6.07, 6.45) is -2.01. The lowest BCUT2D eigenvalue weighted by atomic mass is 10.2. The van der Waals surface area contributed by atoms with Gasteiger partial charge in [-0.25, -0.2) is 9.97 Å². The molecule has 2 heterocycles. The Labute approximate surface area is 149 Å². The topological polar surface area (TPSA) is 62.1 Å². The highest BCUT2D eigenvalue weighted by Gasteiger charge is 2.29. The van der Waals surface area contributed by atoms with Gasteiger partial charge in [0.1, 0.15) is 5.52 Å². The van der Waals surface area contributed by atoms with Gasteiger partial charge in [0.05, 0.1) is 30.6 Å². The molecule has 0 aliphatic rings. The number of halogens is 5. The van der Waals surface area contributed by atoms with Crippen LogP contribution >= 0.6 is 23.2 Å². The lowest BCUT2D eigenvalue weighted by molar-refractivity contribution is -0.325. The van der Waals surface area contributed by atoms with E-state index < -0.39 is 13.0 Å². The zero-order valence-electron chi connectivity index (χ0n) is 12.3. The summed E-state index contributed by atoms with van der Waals surface area (Å²) in [6, 6.07) is 4.95. The molecule has 0 bridgehead atoms. The van der Waals surface area contributed by atoms with Crippen LogP contribution < -0.4 is 4.74 Å². The number of hydrogen-bond acceptors (Lipinski definition) is 5. The molecule has 0 saturated heterocycles. The van der Waals surface area contributed by atoms with Crippen LogP contribution in [0.4, 0.5) is 13.2 Å². The van der Waals surface area contributed by atoms with E-state index in [1.807, 2.05) is 0 Å². The fourth-order valence-corrected chi connectivity index (χ4v) is 2.45. The fraction of sp³-hybridized carbons (Fsp3) is 0.214. The molecule has 0 aliphatic heterocycles. The van der Waals surface area contributed by atoms with E-state index in [4.69, 9.17) is 27.9 Å². The van der Waals surface area contributed by atoms with Gasteiger partial charge in [-0.3, -0.25) is 9.42 Å². The minimum Gasteiger partial charge on any atom is -0.422 e. The third-order valence-corrected chi connectivity index (χ3v) is 3.53. The maximum atomic E-state index is 12.1. The summed E-state index contributed by atoms with van der Waals surface area (Å²) in [5, 5.41) is 5.00. The van der Waals surface area contributed by atoms with Crippen molar-refractivity contribution in [1.82, 2.24) is 19.7 Å². The molecule has 25 heavy (non-hydrogen) atoms. The minimum absolute atomic E-state index is 0.0207. The largest absolute Gasteiger partial charge is 0.522 e. The van der Waals surface area contributed by atoms with Crippen LogP contribution in [0.15, 0.2) is 30.6 Å². The van der Waals surface area contributed by atoms with Crippen LogP contribution in [0.25, 0.3) is 10.9 Å². The normalized spacial score (nSPS) is 11.9. The third kappa shape index (κ3) is 4.30. The molecule has 6 nitrogen and oxygen atoms in total. The molecule has 0 radical (unpaired) electrons. The van der Waals surface area contributed by atoms with Crippen LogP contribution in [0.5, 0.6) is 11.8 Å². The van der Waals surface area contributed by atoms with Crippen LogP contribution in [0.2, 0.25) is 10.2 Å². The molecule has 0 saturated carbocycles. The van der Waals surface area contributed by atoms with E-state index in [0.29, 0.717) is 15.9 Å². The maximum absolute atomic E-state index is 12.1. The second-order valence-electron chi connectivity index (χ2n) is 4.75. The molecule has 132 valence electrons. The summed E-state index contributed by atoms with van der Waals surface area (Å²) in [6.45, 7) is -0.799. The number of hydrogen-bond donors (Lipinski definition) is 0. The first kappa shape index (κ1) is 17.7. The van der Waals surface area contributed by atoms with Gasteiger partial charge in [-0.2, -0.15) is 5.10 Å². The van der Waals surface area contributed by atoms with Gasteiger partial charge < -0.3 is 4.74 Å². The number of alkyl halides is 3. The van der Waals surface area contributed by atoms with E-state index in [2.05, 4.69) is 19.8 Å². The van der Waals surface area contributed by atoms with E-state index in [1.165, 1.54) is 17.1 Å². The van der Waals surface area contributed by atoms with Crippen LogP contribution in [-0.2, 0) is 11.3 Å². The van der Waals surface area contributed by atoms with Gasteiger partial charge in [0.25, 0.3) is 0 Å². The average Bonchev–Trinajstić information content (AvgIpc) is 2.86.